The third-order valence-electron chi connectivity index (χ3n) is 2.38. The Morgan fingerprint density at radius 3 is 2.87 bits per heavy atom. The van der Waals surface area contributed by atoms with E-state index in [1.807, 2.05) is 19.9 Å². The molecule has 15 heavy (non-hydrogen) atoms. The number of hydrogen-bond donors (Lipinski definition) is 0. The van der Waals surface area contributed by atoms with Crippen molar-refractivity contribution in [3.63, 3.8) is 0 Å². The fraction of sp³-hybridized carbons (Fsp3) is 0.500. The summed E-state index contributed by atoms with van der Waals surface area (Å²) in [5, 5.41) is 0. The first-order chi connectivity index (χ1) is 7.02. The van der Waals surface area contributed by atoms with Crippen LogP contribution in [0.4, 0.5) is 4.39 Å². The maximum absolute atomic E-state index is 13.4. The molecule has 0 amide bonds. The topological polar surface area (TPSA) is 9.23 Å². The SMILES string of the molecule is C=C(COC1C(F)=CC=CC1Br)C(C)C. The molecule has 0 fully saturated rings. The lowest BCUT2D eigenvalue weighted by molar-refractivity contribution is 0.0817. The highest BCUT2D eigenvalue weighted by Gasteiger charge is 2.24. The molecule has 2 unspecified atom stereocenters. The van der Waals surface area contributed by atoms with Gasteiger partial charge in [-0.2, -0.15) is 0 Å². The Morgan fingerprint density at radius 2 is 2.33 bits per heavy atom. The lowest BCUT2D eigenvalue weighted by Gasteiger charge is -2.22. The smallest absolute Gasteiger partial charge is 0.130 e. The van der Waals surface area contributed by atoms with Gasteiger partial charge >= 0.3 is 0 Å². The van der Waals surface area contributed by atoms with Crippen LogP contribution in [0.5, 0.6) is 0 Å². The third kappa shape index (κ3) is 3.58. The van der Waals surface area contributed by atoms with Crippen LogP contribution in [0.25, 0.3) is 0 Å². The van der Waals surface area contributed by atoms with Gasteiger partial charge in [0.05, 0.1) is 11.4 Å². The van der Waals surface area contributed by atoms with E-state index in [1.54, 1.807) is 6.08 Å². The van der Waals surface area contributed by atoms with Gasteiger partial charge in [0.1, 0.15) is 11.9 Å². The van der Waals surface area contributed by atoms with E-state index >= 15 is 0 Å². The first-order valence-electron chi connectivity index (χ1n) is 4.99. The van der Waals surface area contributed by atoms with Gasteiger partial charge in [-0.25, -0.2) is 4.39 Å². The van der Waals surface area contributed by atoms with Crippen molar-refractivity contribution >= 4 is 15.9 Å². The van der Waals surface area contributed by atoms with E-state index in [1.165, 1.54) is 6.08 Å². The molecule has 0 heterocycles. The van der Waals surface area contributed by atoms with Crippen molar-refractivity contribution < 1.29 is 9.13 Å². The summed E-state index contributed by atoms with van der Waals surface area (Å²) >= 11 is 3.36. The molecule has 0 aliphatic heterocycles. The summed E-state index contributed by atoms with van der Waals surface area (Å²) in [5.41, 5.74) is 0.983. The van der Waals surface area contributed by atoms with Gasteiger partial charge in [0.15, 0.2) is 0 Å². The van der Waals surface area contributed by atoms with E-state index < -0.39 is 6.10 Å². The van der Waals surface area contributed by atoms with Gasteiger partial charge in [-0.15, -0.1) is 0 Å². The van der Waals surface area contributed by atoms with Crippen molar-refractivity contribution in [1.29, 1.82) is 0 Å². The molecule has 0 bridgehead atoms. The molecule has 0 aromatic carbocycles. The molecule has 2 atom stereocenters. The molecule has 0 aromatic heterocycles. The molecule has 1 aliphatic carbocycles. The predicted molar refractivity (Wildman–Crippen MR) is 64.8 cm³/mol. The molecular formula is C12H16BrFO. The van der Waals surface area contributed by atoms with Crippen molar-refractivity contribution in [3.05, 3.63) is 36.2 Å². The molecule has 0 radical (unpaired) electrons. The lowest BCUT2D eigenvalue weighted by atomic mass is 10.1. The second kappa shape index (κ2) is 5.61. The van der Waals surface area contributed by atoms with Crippen LogP contribution in [0.1, 0.15) is 13.8 Å². The van der Waals surface area contributed by atoms with Crippen LogP contribution in [-0.2, 0) is 4.74 Å². The van der Waals surface area contributed by atoms with Crippen LogP contribution in [0.2, 0.25) is 0 Å². The molecule has 0 saturated heterocycles. The number of hydrogen-bond acceptors (Lipinski definition) is 1. The lowest BCUT2D eigenvalue weighted by Crippen LogP contribution is -2.26. The molecule has 0 spiro atoms. The van der Waals surface area contributed by atoms with Crippen LogP contribution in [0.3, 0.4) is 0 Å². The maximum atomic E-state index is 13.4. The Labute approximate surface area is 98.8 Å². The average molecular weight is 275 g/mol. The predicted octanol–water partition coefficient (Wildman–Crippen LogP) is 3.77. The second-order valence-corrected chi connectivity index (χ2v) is 4.98. The molecule has 3 heteroatoms. The monoisotopic (exact) mass is 274 g/mol. The van der Waals surface area contributed by atoms with Crippen LogP contribution >= 0.6 is 15.9 Å². The van der Waals surface area contributed by atoms with Crippen molar-refractivity contribution in [3.8, 4) is 0 Å². The summed E-state index contributed by atoms with van der Waals surface area (Å²) in [6.07, 6.45) is 4.46. The normalized spacial score (nSPS) is 25.5. The minimum Gasteiger partial charge on any atom is -0.365 e. The Hall–Kier alpha value is -0.410. The van der Waals surface area contributed by atoms with Crippen molar-refractivity contribution in [2.75, 3.05) is 6.61 Å². The number of allylic oxidation sites excluding steroid dienone is 2. The average Bonchev–Trinajstić information content (AvgIpc) is 2.16. The zero-order chi connectivity index (χ0) is 11.4. The molecular weight excluding hydrogens is 259 g/mol. The highest BCUT2D eigenvalue weighted by atomic mass is 79.9. The molecule has 84 valence electrons. The number of alkyl halides is 1. The Balaban J connectivity index is 2.48. The van der Waals surface area contributed by atoms with Crippen molar-refractivity contribution in [2.45, 2.75) is 24.8 Å². The van der Waals surface area contributed by atoms with Crippen molar-refractivity contribution in [2.24, 2.45) is 5.92 Å². The van der Waals surface area contributed by atoms with Crippen LogP contribution < -0.4 is 0 Å². The van der Waals surface area contributed by atoms with E-state index in [0.717, 1.165) is 5.57 Å². The van der Waals surface area contributed by atoms with E-state index in [0.29, 0.717) is 12.5 Å². The Kier molecular flexibility index (Phi) is 4.74. The van der Waals surface area contributed by atoms with Crippen LogP contribution in [0, 0.1) is 5.92 Å². The molecule has 0 saturated carbocycles. The Morgan fingerprint density at radius 1 is 1.67 bits per heavy atom. The molecule has 1 rings (SSSR count). The zero-order valence-corrected chi connectivity index (χ0v) is 10.6. The summed E-state index contributed by atoms with van der Waals surface area (Å²) in [4.78, 5) is -0.0949. The van der Waals surface area contributed by atoms with Gasteiger partial charge in [-0.1, -0.05) is 48.5 Å². The van der Waals surface area contributed by atoms with E-state index in [9.17, 15) is 4.39 Å². The number of rotatable bonds is 4. The van der Waals surface area contributed by atoms with Gasteiger partial charge in [0.2, 0.25) is 0 Å². The largest absolute Gasteiger partial charge is 0.365 e. The first kappa shape index (κ1) is 12.7. The van der Waals surface area contributed by atoms with Gasteiger partial charge in [0, 0.05) is 0 Å². The van der Waals surface area contributed by atoms with Crippen molar-refractivity contribution in [1.82, 2.24) is 0 Å². The van der Waals surface area contributed by atoms with Gasteiger partial charge in [-0.3, -0.25) is 0 Å². The fourth-order valence-electron chi connectivity index (χ4n) is 1.14. The molecule has 0 N–H and O–H groups in total. The molecule has 0 aromatic rings. The summed E-state index contributed by atoms with van der Waals surface area (Å²) in [7, 11) is 0. The number of ether oxygens (including phenoxy) is 1. The standard InChI is InChI=1S/C12H16BrFO/c1-8(2)9(3)7-15-12-10(13)5-4-6-11(12)14/h4-6,8,10,12H,3,7H2,1-2H3. The quantitative estimate of drug-likeness (QED) is 0.560. The first-order valence-corrected chi connectivity index (χ1v) is 5.91. The summed E-state index contributed by atoms with van der Waals surface area (Å²) < 4.78 is 18.9. The third-order valence-corrected chi connectivity index (χ3v) is 3.16. The highest BCUT2D eigenvalue weighted by molar-refractivity contribution is 9.09. The minimum atomic E-state index is -0.523. The highest BCUT2D eigenvalue weighted by Crippen LogP contribution is 2.24. The summed E-state index contributed by atoms with van der Waals surface area (Å²) in [6.45, 7) is 8.38. The molecule has 1 aliphatic rings. The van der Waals surface area contributed by atoms with Gasteiger partial charge < -0.3 is 4.74 Å². The van der Waals surface area contributed by atoms with E-state index in [4.69, 9.17) is 4.74 Å². The van der Waals surface area contributed by atoms with E-state index in [-0.39, 0.29) is 10.7 Å². The maximum Gasteiger partial charge on any atom is 0.130 e. The zero-order valence-electron chi connectivity index (χ0n) is 9.04. The molecule has 1 nitrogen and oxygen atoms in total. The minimum absolute atomic E-state index is 0.0949. The number of halogens is 2. The fourth-order valence-corrected chi connectivity index (χ4v) is 1.72. The van der Waals surface area contributed by atoms with Crippen LogP contribution in [0.15, 0.2) is 36.2 Å². The van der Waals surface area contributed by atoms with E-state index in [2.05, 4.69) is 22.5 Å². The summed E-state index contributed by atoms with van der Waals surface area (Å²) in [6, 6.07) is 0. The van der Waals surface area contributed by atoms with Gasteiger partial charge in [-0.05, 0) is 17.6 Å². The second-order valence-electron chi connectivity index (χ2n) is 3.93. The Bertz CT molecular complexity index is 294. The van der Waals surface area contributed by atoms with Gasteiger partial charge in [0.25, 0.3) is 0 Å². The summed E-state index contributed by atoms with van der Waals surface area (Å²) in [5.74, 6) is 0.126. The van der Waals surface area contributed by atoms with Crippen LogP contribution in [-0.4, -0.2) is 17.5 Å².